The Morgan fingerprint density at radius 1 is 1.37 bits per heavy atom. The SMILES string of the molecule is COCCCn1c(=S)[nH]c(=O)c2c(C(F)(F)F)cc(-c3cnn(C)c3)nc21. The number of pyridine rings is 1. The zero-order valence-corrected chi connectivity index (χ0v) is 15.3. The quantitative estimate of drug-likeness (QED) is 0.527. The van der Waals surface area contributed by atoms with Crippen molar-refractivity contribution in [3.05, 3.63) is 39.1 Å². The Kier molecular flexibility index (Phi) is 5.16. The third-order valence-corrected chi connectivity index (χ3v) is 4.31. The summed E-state index contributed by atoms with van der Waals surface area (Å²) in [6, 6.07) is 0.858. The Balaban J connectivity index is 2.36. The van der Waals surface area contributed by atoms with Crippen molar-refractivity contribution in [3.63, 3.8) is 0 Å². The topological polar surface area (TPSA) is 77.7 Å². The van der Waals surface area contributed by atoms with Crippen LogP contribution in [0.3, 0.4) is 0 Å². The number of aryl methyl sites for hydroxylation is 2. The van der Waals surface area contributed by atoms with Crippen molar-refractivity contribution in [1.82, 2.24) is 24.3 Å². The van der Waals surface area contributed by atoms with Crippen LogP contribution in [0.1, 0.15) is 12.0 Å². The van der Waals surface area contributed by atoms with Gasteiger partial charge in [0.2, 0.25) is 0 Å². The van der Waals surface area contributed by atoms with E-state index in [1.54, 1.807) is 13.2 Å². The minimum atomic E-state index is -4.74. The molecule has 3 heterocycles. The molecule has 3 aromatic rings. The van der Waals surface area contributed by atoms with Gasteiger partial charge in [-0.15, -0.1) is 0 Å². The molecule has 0 unspecified atom stereocenters. The minimum absolute atomic E-state index is 0.00700. The highest BCUT2D eigenvalue weighted by molar-refractivity contribution is 7.71. The molecule has 0 spiro atoms. The molecule has 3 aromatic heterocycles. The maximum absolute atomic E-state index is 13.7. The number of H-pyrrole nitrogens is 1. The van der Waals surface area contributed by atoms with E-state index >= 15 is 0 Å². The van der Waals surface area contributed by atoms with E-state index in [-0.39, 0.29) is 22.7 Å². The minimum Gasteiger partial charge on any atom is -0.385 e. The number of hydrogen-bond acceptors (Lipinski definition) is 5. The summed E-state index contributed by atoms with van der Waals surface area (Å²) in [5.41, 5.74) is -1.64. The molecule has 0 saturated carbocycles. The number of hydrogen-bond donors (Lipinski definition) is 1. The molecule has 1 N–H and O–H groups in total. The van der Waals surface area contributed by atoms with E-state index < -0.39 is 22.7 Å². The fourth-order valence-electron chi connectivity index (χ4n) is 2.77. The van der Waals surface area contributed by atoms with Crippen molar-refractivity contribution in [2.75, 3.05) is 13.7 Å². The number of aromatic nitrogens is 5. The van der Waals surface area contributed by atoms with Crippen LogP contribution in [0.2, 0.25) is 0 Å². The second kappa shape index (κ2) is 7.24. The molecule has 0 saturated heterocycles. The molecule has 0 atom stereocenters. The number of fused-ring (bicyclic) bond motifs is 1. The summed E-state index contributed by atoms with van der Waals surface area (Å²) in [6.07, 6.45) is -1.29. The summed E-state index contributed by atoms with van der Waals surface area (Å²) in [7, 11) is 3.16. The monoisotopic (exact) mass is 399 g/mol. The van der Waals surface area contributed by atoms with Crippen LogP contribution in [0.15, 0.2) is 23.3 Å². The van der Waals surface area contributed by atoms with Gasteiger partial charge < -0.3 is 9.30 Å². The van der Waals surface area contributed by atoms with E-state index in [4.69, 9.17) is 17.0 Å². The molecule has 0 aromatic carbocycles. The Bertz CT molecular complexity index is 1100. The number of nitrogens with one attached hydrogen (secondary N) is 1. The average molecular weight is 399 g/mol. The normalized spacial score (nSPS) is 12.0. The largest absolute Gasteiger partial charge is 0.417 e. The zero-order chi connectivity index (χ0) is 19.8. The average Bonchev–Trinajstić information content (AvgIpc) is 3.02. The van der Waals surface area contributed by atoms with E-state index in [9.17, 15) is 18.0 Å². The molecule has 0 amide bonds. The fraction of sp³-hybridized carbons (Fsp3) is 0.375. The van der Waals surface area contributed by atoms with Crippen molar-refractivity contribution in [2.45, 2.75) is 19.1 Å². The summed E-state index contributed by atoms with van der Waals surface area (Å²) in [5.74, 6) is 0. The molecule has 0 aliphatic rings. The molecule has 0 bridgehead atoms. The van der Waals surface area contributed by atoms with Gasteiger partial charge in [-0.3, -0.25) is 14.5 Å². The molecule has 11 heteroatoms. The highest BCUT2D eigenvalue weighted by Gasteiger charge is 2.35. The molecule has 144 valence electrons. The fourth-order valence-corrected chi connectivity index (χ4v) is 3.04. The molecular weight excluding hydrogens is 383 g/mol. The van der Waals surface area contributed by atoms with Gasteiger partial charge in [0.25, 0.3) is 5.56 Å². The molecule has 7 nitrogen and oxygen atoms in total. The molecule has 0 radical (unpaired) electrons. The smallest absolute Gasteiger partial charge is 0.385 e. The highest BCUT2D eigenvalue weighted by atomic mass is 32.1. The second-order valence-corrected chi connectivity index (χ2v) is 6.30. The standard InChI is InChI=1S/C16H16F3N5O2S/c1-23-8-9(7-20-23)11-6-10(16(17,18)19)12-13(21-11)24(4-3-5-26-2)15(27)22-14(12)25/h6-8H,3-5H2,1-2H3,(H,22,25,27). The van der Waals surface area contributed by atoms with Crippen molar-refractivity contribution in [1.29, 1.82) is 0 Å². The van der Waals surface area contributed by atoms with Gasteiger partial charge in [-0.1, -0.05) is 0 Å². The van der Waals surface area contributed by atoms with Crippen molar-refractivity contribution in [3.8, 4) is 11.3 Å². The van der Waals surface area contributed by atoms with Gasteiger partial charge in [0.05, 0.1) is 22.8 Å². The van der Waals surface area contributed by atoms with Crippen LogP contribution in [0.4, 0.5) is 13.2 Å². The zero-order valence-electron chi connectivity index (χ0n) is 14.5. The lowest BCUT2D eigenvalue weighted by atomic mass is 10.1. The van der Waals surface area contributed by atoms with Gasteiger partial charge in [0, 0.05) is 39.1 Å². The Morgan fingerprint density at radius 3 is 2.70 bits per heavy atom. The molecule has 0 aliphatic heterocycles. The first kappa shape index (κ1) is 19.2. The van der Waals surface area contributed by atoms with Crippen LogP contribution in [-0.4, -0.2) is 38.0 Å². The first-order valence-corrected chi connectivity index (χ1v) is 8.36. The number of rotatable bonds is 5. The van der Waals surface area contributed by atoms with Gasteiger partial charge in [-0.05, 0) is 24.7 Å². The maximum Gasteiger partial charge on any atom is 0.417 e. The third kappa shape index (κ3) is 3.78. The van der Waals surface area contributed by atoms with E-state index in [1.807, 2.05) is 0 Å². The van der Waals surface area contributed by atoms with E-state index in [0.29, 0.717) is 18.6 Å². The van der Waals surface area contributed by atoms with Crippen LogP contribution < -0.4 is 5.56 Å². The van der Waals surface area contributed by atoms with Crippen LogP contribution in [0.5, 0.6) is 0 Å². The van der Waals surface area contributed by atoms with Gasteiger partial charge in [0.1, 0.15) is 5.65 Å². The van der Waals surface area contributed by atoms with Gasteiger partial charge in [-0.2, -0.15) is 18.3 Å². The van der Waals surface area contributed by atoms with Crippen molar-refractivity contribution >= 4 is 23.3 Å². The van der Waals surface area contributed by atoms with Gasteiger partial charge in [-0.25, -0.2) is 4.98 Å². The molecule has 0 aliphatic carbocycles. The van der Waals surface area contributed by atoms with Crippen LogP contribution in [-0.2, 0) is 24.5 Å². The van der Waals surface area contributed by atoms with Gasteiger partial charge in [0.15, 0.2) is 4.77 Å². The van der Waals surface area contributed by atoms with E-state index in [0.717, 1.165) is 6.07 Å². The van der Waals surface area contributed by atoms with Gasteiger partial charge >= 0.3 is 6.18 Å². The summed E-state index contributed by atoms with van der Waals surface area (Å²) >= 11 is 5.15. The number of methoxy groups -OCH3 is 1. The lowest BCUT2D eigenvalue weighted by Crippen LogP contribution is -2.21. The van der Waals surface area contributed by atoms with E-state index in [2.05, 4.69) is 15.1 Å². The number of halogens is 3. The Labute approximate surface area is 156 Å². The Morgan fingerprint density at radius 2 is 2.11 bits per heavy atom. The number of ether oxygens (including phenoxy) is 1. The molecular formula is C16H16F3N5O2S. The summed E-state index contributed by atoms with van der Waals surface area (Å²) in [4.78, 5) is 18.9. The van der Waals surface area contributed by atoms with E-state index in [1.165, 1.54) is 22.6 Å². The van der Waals surface area contributed by atoms with Crippen molar-refractivity contribution in [2.24, 2.45) is 7.05 Å². The Hall–Kier alpha value is -2.53. The van der Waals surface area contributed by atoms with Crippen LogP contribution >= 0.6 is 12.2 Å². The predicted octanol–water partition coefficient (Wildman–Crippen LogP) is 2.91. The first-order valence-electron chi connectivity index (χ1n) is 7.95. The maximum atomic E-state index is 13.7. The first-order chi connectivity index (χ1) is 12.7. The highest BCUT2D eigenvalue weighted by Crippen LogP contribution is 2.35. The summed E-state index contributed by atoms with van der Waals surface area (Å²) in [5, 5.41) is 3.43. The second-order valence-electron chi connectivity index (χ2n) is 5.91. The predicted molar refractivity (Wildman–Crippen MR) is 94.9 cm³/mol. The number of alkyl halides is 3. The molecule has 27 heavy (non-hydrogen) atoms. The number of nitrogens with zero attached hydrogens (tertiary/aromatic N) is 4. The molecule has 0 fully saturated rings. The lowest BCUT2D eigenvalue weighted by molar-refractivity contribution is -0.136. The van der Waals surface area contributed by atoms with Crippen molar-refractivity contribution < 1.29 is 17.9 Å². The van der Waals surface area contributed by atoms with Crippen LogP contribution in [0, 0.1) is 4.77 Å². The molecule has 3 rings (SSSR count). The van der Waals surface area contributed by atoms with Crippen LogP contribution in [0.25, 0.3) is 22.3 Å². The summed E-state index contributed by atoms with van der Waals surface area (Å²) < 4.78 is 48.9. The lowest BCUT2D eigenvalue weighted by Gasteiger charge is -2.15. The summed E-state index contributed by atoms with van der Waals surface area (Å²) in [6.45, 7) is 0.636. The third-order valence-electron chi connectivity index (χ3n) is 3.98. The number of aromatic amines is 1.